The third-order valence-corrected chi connectivity index (χ3v) is 1.23. The van der Waals surface area contributed by atoms with Crippen LogP contribution in [0.15, 0.2) is 18.5 Å². The molecule has 0 amide bonds. The van der Waals surface area contributed by atoms with Gasteiger partial charge in [-0.15, -0.1) is 11.6 Å². The highest BCUT2D eigenvalue weighted by molar-refractivity contribution is 6.17. The largest absolute Gasteiger partial charge is 0.372 e. The molecule has 60 valence electrons. The van der Waals surface area contributed by atoms with Crippen molar-refractivity contribution >= 4 is 11.6 Å². The lowest BCUT2D eigenvalue weighted by atomic mass is 10.6. The molecule has 4 heteroatoms. The van der Waals surface area contributed by atoms with Gasteiger partial charge in [-0.2, -0.15) is 0 Å². The molecule has 0 bridgehead atoms. The molecule has 11 heavy (non-hydrogen) atoms. The van der Waals surface area contributed by atoms with Crippen LogP contribution < -0.4 is 0 Å². The number of aromatic nitrogens is 2. The van der Waals surface area contributed by atoms with Crippen molar-refractivity contribution in [3.8, 4) is 0 Å². The van der Waals surface area contributed by atoms with E-state index in [9.17, 15) is 0 Å². The Morgan fingerprint density at radius 2 is 2.09 bits per heavy atom. The van der Waals surface area contributed by atoms with Crippen molar-refractivity contribution in [3.05, 3.63) is 24.3 Å². The van der Waals surface area contributed by atoms with E-state index >= 15 is 0 Å². The maximum Gasteiger partial charge on any atom is 0.153 e. The predicted octanol–water partition coefficient (Wildman–Crippen LogP) is 1.23. The first kappa shape index (κ1) is 8.43. The van der Waals surface area contributed by atoms with Crippen LogP contribution >= 0.6 is 11.6 Å². The summed E-state index contributed by atoms with van der Waals surface area (Å²) in [6.45, 7) is 0.980. The van der Waals surface area contributed by atoms with Crippen molar-refractivity contribution in [1.29, 1.82) is 0 Å². The van der Waals surface area contributed by atoms with Crippen LogP contribution in [0.25, 0.3) is 0 Å². The number of halogens is 1. The summed E-state index contributed by atoms with van der Waals surface area (Å²) < 4.78 is 5.11. The fraction of sp³-hybridized carbons (Fsp3) is 0.429. The molecule has 0 radical (unpaired) electrons. The number of hydrogen-bond acceptors (Lipinski definition) is 3. The molecule has 1 aromatic heterocycles. The van der Waals surface area contributed by atoms with Crippen molar-refractivity contribution in [3.63, 3.8) is 0 Å². The second-order valence-corrected chi connectivity index (χ2v) is 2.28. The molecule has 1 heterocycles. The molecule has 0 unspecified atom stereocenters. The lowest BCUT2D eigenvalue weighted by Gasteiger charge is -1.98. The number of rotatable bonds is 4. The lowest BCUT2D eigenvalue weighted by Crippen LogP contribution is -1.99. The molecule has 1 rings (SSSR count). The molecule has 0 aliphatic rings. The summed E-state index contributed by atoms with van der Waals surface area (Å²) in [4.78, 5) is 7.94. The van der Waals surface area contributed by atoms with E-state index in [2.05, 4.69) is 9.97 Å². The summed E-state index contributed by atoms with van der Waals surface area (Å²) in [6, 6.07) is 1.77. The normalized spacial score (nSPS) is 9.91. The van der Waals surface area contributed by atoms with Gasteiger partial charge in [0.05, 0.1) is 6.61 Å². The zero-order valence-corrected chi connectivity index (χ0v) is 6.79. The molecule has 0 atom stereocenters. The molecule has 0 fully saturated rings. The average molecular weight is 173 g/mol. The van der Waals surface area contributed by atoms with Gasteiger partial charge in [0, 0.05) is 18.3 Å². The van der Waals surface area contributed by atoms with Gasteiger partial charge in [0.1, 0.15) is 6.61 Å². The quantitative estimate of drug-likeness (QED) is 0.506. The minimum Gasteiger partial charge on any atom is -0.372 e. The summed E-state index contributed by atoms with van der Waals surface area (Å²) in [6.07, 6.45) is 3.37. The van der Waals surface area contributed by atoms with E-state index in [1.807, 2.05) is 0 Å². The molecule has 0 N–H and O–H groups in total. The van der Waals surface area contributed by atoms with Crippen LogP contribution in [0.4, 0.5) is 0 Å². The van der Waals surface area contributed by atoms with E-state index < -0.39 is 0 Å². The molecular formula is C7H9ClN2O. The zero-order valence-electron chi connectivity index (χ0n) is 6.03. The third-order valence-electron chi connectivity index (χ3n) is 1.07. The van der Waals surface area contributed by atoms with Crippen molar-refractivity contribution in [2.24, 2.45) is 0 Å². The van der Waals surface area contributed by atoms with Gasteiger partial charge in [-0.05, 0) is 6.07 Å². The Morgan fingerprint density at radius 3 is 2.73 bits per heavy atom. The number of alkyl halides is 1. The number of nitrogens with zero attached hydrogens (tertiary/aromatic N) is 2. The van der Waals surface area contributed by atoms with Crippen LogP contribution in [0.5, 0.6) is 0 Å². The fourth-order valence-corrected chi connectivity index (χ4v) is 0.732. The van der Waals surface area contributed by atoms with Gasteiger partial charge in [-0.1, -0.05) is 0 Å². The minimum atomic E-state index is 0.438. The fourth-order valence-electron chi connectivity index (χ4n) is 0.623. The van der Waals surface area contributed by atoms with Crippen LogP contribution in [0, 0.1) is 0 Å². The second kappa shape index (κ2) is 5.04. The number of hydrogen-bond donors (Lipinski definition) is 0. The Hall–Kier alpha value is -0.670. The van der Waals surface area contributed by atoms with Crippen molar-refractivity contribution in [2.75, 3.05) is 12.5 Å². The maximum atomic E-state index is 5.40. The SMILES string of the molecule is ClCCOCc1ncccn1. The molecule has 0 aromatic carbocycles. The predicted molar refractivity (Wildman–Crippen MR) is 42.4 cm³/mol. The molecule has 0 aliphatic heterocycles. The van der Waals surface area contributed by atoms with Gasteiger partial charge in [0.25, 0.3) is 0 Å². The Bertz CT molecular complexity index is 193. The number of ether oxygens (including phenoxy) is 1. The van der Waals surface area contributed by atoms with Gasteiger partial charge in [0.2, 0.25) is 0 Å². The molecular weight excluding hydrogens is 164 g/mol. The standard InChI is InChI=1S/C7H9ClN2O/c8-2-5-11-6-7-9-3-1-4-10-7/h1,3-4H,2,5-6H2. The Kier molecular flexibility index (Phi) is 3.86. The molecule has 0 saturated heterocycles. The first-order valence-electron chi connectivity index (χ1n) is 3.33. The highest BCUT2D eigenvalue weighted by Crippen LogP contribution is 1.90. The highest BCUT2D eigenvalue weighted by atomic mass is 35.5. The molecule has 0 aliphatic carbocycles. The van der Waals surface area contributed by atoms with Crippen LogP contribution in [-0.4, -0.2) is 22.5 Å². The van der Waals surface area contributed by atoms with Crippen LogP contribution in [-0.2, 0) is 11.3 Å². The van der Waals surface area contributed by atoms with Crippen molar-refractivity contribution in [2.45, 2.75) is 6.61 Å². The summed E-state index contributed by atoms with van der Waals surface area (Å²) in [5.74, 6) is 1.20. The monoisotopic (exact) mass is 172 g/mol. The van der Waals surface area contributed by atoms with E-state index in [1.54, 1.807) is 18.5 Å². The van der Waals surface area contributed by atoms with Gasteiger partial charge in [0.15, 0.2) is 5.82 Å². The van der Waals surface area contributed by atoms with Gasteiger partial charge >= 0.3 is 0 Å². The second-order valence-electron chi connectivity index (χ2n) is 1.91. The maximum absolute atomic E-state index is 5.40. The van der Waals surface area contributed by atoms with Crippen LogP contribution in [0.1, 0.15) is 5.82 Å². The Morgan fingerprint density at radius 1 is 1.36 bits per heavy atom. The van der Waals surface area contributed by atoms with Crippen LogP contribution in [0.3, 0.4) is 0 Å². The van der Waals surface area contributed by atoms with E-state index in [0.29, 0.717) is 24.9 Å². The molecule has 3 nitrogen and oxygen atoms in total. The van der Waals surface area contributed by atoms with Gasteiger partial charge < -0.3 is 4.74 Å². The average Bonchev–Trinajstić information content (AvgIpc) is 2.07. The molecule has 0 spiro atoms. The summed E-state index contributed by atoms with van der Waals surface area (Å²) in [5.41, 5.74) is 0. The Balaban J connectivity index is 2.28. The first-order chi connectivity index (χ1) is 5.43. The summed E-state index contributed by atoms with van der Waals surface area (Å²) >= 11 is 5.40. The lowest BCUT2D eigenvalue weighted by molar-refractivity contribution is 0.130. The topological polar surface area (TPSA) is 35.0 Å². The smallest absolute Gasteiger partial charge is 0.153 e. The van der Waals surface area contributed by atoms with Crippen molar-refractivity contribution < 1.29 is 4.74 Å². The van der Waals surface area contributed by atoms with E-state index in [0.717, 1.165) is 0 Å². The van der Waals surface area contributed by atoms with Crippen LogP contribution in [0.2, 0.25) is 0 Å². The highest BCUT2D eigenvalue weighted by Gasteiger charge is 1.92. The summed E-state index contributed by atoms with van der Waals surface area (Å²) in [5, 5.41) is 0. The minimum absolute atomic E-state index is 0.438. The molecule has 1 aromatic rings. The van der Waals surface area contributed by atoms with E-state index in [-0.39, 0.29) is 0 Å². The van der Waals surface area contributed by atoms with Gasteiger partial charge in [-0.25, -0.2) is 9.97 Å². The van der Waals surface area contributed by atoms with Gasteiger partial charge in [-0.3, -0.25) is 0 Å². The zero-order chi connectivity index (χ0) is 7.94. The first-order valence-corrected chi connectivity index (χ1v) is 3.86. The Labute approximate surface area is 70.4 Å². The molecule has 0 saturated carbocycles. The third kappa shape index (κ3) is 3.30. The van der Waals surface area contributed by atoms with Crippen molar-refractivity contribution in [1.82, 2.24) is 9.97 Å². The van der Waals surface area contributed by atoms with E-state index in [4.69, 9.17) is 16.3 Å². The van der Waals surface area contributed by atoms with E-state index in [1.165, 1.54) is 0 Å². The summed E-state index contributed by atoms with van der Waals surface area (Å²) in [7, 11) is 0.